The number of nitrogens with one attached hydrogen (secondary N) is 1. The van der Waals surface area contributed by atoms with Crippen LogP contribution < -0.4 is 5.32 Å². The molecule has 2 N–H and O–H groups in total. The standard InChI is InChI=1S/C16H19NO2S/c1-11-9-15(20-12(11)2)16(19)17-8-7-13-3-5-14(10-18)6-4-13/h3-6,9,18H,7-8,10H2,1-2H3,(H,17,19). The lowest BCUT2D eigenvalue weighted by Gasteiger charge is -2.04. The fourth-order valence-electron chi connectivity index (χ4n) is 1.90. The summed E-state index contributed by atoms with van der Waals surface area (Å²) in [6.07, 6.45) is 0.792. The van der Waals surface area contributed by atoms with E-state index < -0.39 is 0 Å². The van der Waals surface area contributed by atoms with E-state index >= 15 is 0 Å². The Kier molecular flexibility index (Phi) is 4.93. The normalized spacial score (nSPS) is 10.6. The van der Waals surface area contributed by atoms with E-state index in [1.165, 1.54) is 21.8 Å². The summed E-state index contributed by atoms with van der Waals surface area (Å²) in [5, 5.41) is 11.9. The van der Waals surface area contributed by atoms with Crippen LogP contribution in [0.3, 0.4) is 0 Å². The lowest BCUT2D eigenvalue weighted by atomic mass is 10.1. The second-order valence-corrected chi connectivity index (χ2v) is 6.09. The number of hydrogen-bond acceptors (Lipinski definition) is 3. The molecular formula is C16H19NO2S. The Hall–Kier alpha value is -1.65. The van der Waals surface area contributed by atoms with E-state index in [4.69, 9.17) is 5.11 Å². The highest BCUT2D eigenvalue weighted by molar-refractivity contribution is 7.14. The zero-order valence-corrected chi connectivity index (χ0v) is 12.6. The van der Waals surface area contributed by atoms with E-state index in [1.54, 1.807) is 0 Å². The van der Waals surface area contributed by atoms with Crippen molar-refractivity contribution in [3.8, 4) is 0 Å². The molecule has 0 unspecified atom stereocenters. The van der Waals surface area contributed by atoms with Crippen LogP contribution in [0.15, 0.2) is 30.3 Å². The van der Waals surface area contributed by atoms with Gasteiger partial charge < -0.3 is 10.4 Å². The van der Waals surface area contributed by atoms with E-state index in [9.17, 15) is 4.79 Å². The monoisotopic (exact) mass is 289 g/mol. The first-order chi connectivity index (χ1) is 9.60. The second kappa shape index (κ2) is 6.68. The highest BCUT2D eigenvalue weighted by atomic mass is 32.1. The quantitative estimate of drug-likeness (QED) is 0.889. The number of rotatable bonds is 5. The number of aliphatic hydroxyl groups excluding tert-OH is 1. The average molecular weight is 289 g/mol. The molecule has 1 aromatic carbocycles. The van der Waals surface area contributed by atoms with Gasteiger partial charge in [-0.1, -0.05) is 24.3 Å². The number of benzene rings is 1. The van der Waals surface area contributed by atoms with E-state index in [1.807, 2.05) is 44.2 Å². The van der Waals surface area contributed by atoms with Crippen LogP contribution in [0.4, 0.5) is 0 Å². The summed E-state index contributed by atoms with van der Waals surface area (Å²) >= 11 is 1.53. The van der Waals surface area contributed by atoms with Gasteiger partial charge in [-0.05, 0) is 43.0 Å². The third-order valence-electron chi connectivity index (χ3n) is 3.29. The smallest absolute Gasteiger partial charge is 0.261 e. The summed E-state index contributed by atoms with van der Waals surface area (Å²) in [5.41, 5.74) is 3.23. The number of carbonyl (C=O) groups is 1. The molecule has 1 amide bonds. The van der Waals surface area contributed by atoms with Crippen molar-refractivity contribution in [2.24, 2.45) is 0 Å². The van der Waals surface area contributed by atoms with Gasteiger partial charge in [0.05, 0.1) is 11.5 Å². The van der Waals surface area contributed by atoms with Gasteiger partial charge in [-0.25, -0.2) is 0 Å². The van der Waals surface area contributed by atoms with Gasteiger partial charge in [0.2, 0.25) is 0 Å². The summed E-state index contributed by atoms with van der Waals surface area (Å²) in [4.78, 5) is 13.9. The summed E-state index contributed by atoms with van der Waals surface area (Å²) in [6, 6.07) is 9.71. The molecule has 2 aromatic rings. The number of aliphatic hydroxyl groups is 1. The topological polar surface area (TPSA) is 49.3 Å². The third kappa shape index (κ3) is 3.68. The van der Waals surface area contributed by atoms with Crippen LogP contribution in [-0.2, 0) is 13.0 Å². The first kappa shape index (κ1) is 14.8. The summed E-state index contributed by atoms with van der Waals surface area (Å²) < 4.78 is 0. The van der Waals surface area contributed by atoms with Crippen LogP contribution in [0, 0.1) is 13.8 Å². The molecule has 3 nitrogen and oxygen atoms in total. The van der Waals surface area contributed by atoms with Crippen molar-refractivity contribution in [3.63, 3.8) is 0 Å². The van der Waals surface area contributed by atoms with Crippen molar-refractivity contribution in [2.75, 3.05) is 6.54 Å². The predicted molar refractivity (Wildman–Crippen MR) is 82.2 cm³/mol. The van der Waals surface area contributed by atoms with E-state index in [0.717, 1.165) is 22.4 Å². The molecule has 0 saturated carbocycles. The van der Waals surface area contributed by atoms with Crippen LogP contribution in [0.5, 0.6) is 0 Å². The van der Waals surface area contributed by atoms with Crippen LogP contribution in [-0.4, -0.2) is 17.6 Å². The minimum Gasteiger partial charge on any atom is -0.392 e. The van der Waals surface area contributed by atoms with Gasteiger partial charge in [0.25, 0.3) is 5.91 Å². The molecule has 0 aliphatic rings. The third-order valence-corrected chi connectivity index (χ3v) is 4.45. The Morgan fingerprint density at radius 1 is 1.20 bits per heavy atom. The maximum absolute atomic E-state index is 12.0. The van der Waals surface area contributed by atoms with Crippen LogP contribution >= 0.6 is 11.3 Å². The second-order valence-electron chi connectivity index (χ2n) is 4.83. The van der Waals surface area contributed by atoms with Crippen LogP contribution in [0.1, 0.15) is 31.2 Å². The Morgan fingerprint density at radius 3 is 2.40 bits per heavy atom. The molecule has 106 valence electrons. The van der Waals surface area contributed by atoms with Crippen molar-refractivity contribution >= 4 is 17.2 Å². The molecular weight excluding hydrogens is 270 g/mol. The predicted octanol–water partition coefficient (Wildman–Crippen LogP) is 2.83. The first-order valence-corrected chi connectivity index (χ1v) is 7.45. The number of amides is 1. The SMILES string of the molecule is Cc1cc(C(=O)NCCc2ccc(CO)cc2)sc1C. The highest BCUT2D eigenvalue weighted by Crippen LogP contribution is 2.20. The van der Waals surface area contributed by atoms with Crippen molar-refractivity contribution < 1.29 is 9.90 Å². The molecule has 0 spiro atoms. The van der Waals surface area contributed by atoms with Crippen LogP contribution in [0.25, 0.3) is 0 Å². The van der Waals surface area contributed by atoms with E-state index in [2.05, 4.69) is 5.32 Å². The van der Waals surface area contributed by atoms with Gasteiger partial charge in [-0.3, -0.25) is 4.79 Å². The van der Waals surface area contributed by atoms with Gasteiger partial charge >= 0.3 is 0 Å². The first-order valence-electron chi connectivity index (χ1n) is 6.64. The van der Waals surface area contributed by atoms with E-state index in [0.29, 0.717) is 6.54 Å². The van der Waals surface area contributed by atoms with Crippen LogP contribution in [0.2, 0.25) is 0 Å². The number of carbonyl (C=O) groups excluding carboxylic acids is 1. The molecule has 0 atom stereocenters. The molecule has 0 aliphatic heterocycles. The minimum absolute atomic E-state index is 0.00169. The molecule has 2 rings (SSSR count). The Labute approximate surface area is 123 Å². The summed E-state index contributed by atoms with van der Waals surface area (Å²) in [5.74, 6) is -0.00169. The van der Waals surface area contributed by atoms with Crippen molar-refractivity contribution in [2.45, 2.75) is 26.9 Å². The van der Waals surface area contributed by atoms with Gasteiger partial charge in [0.1, 0.15) is 0 Å². The van der Waals surface area contributed by atoms with Crippen molar-refractivity contribution in [1.82, 2.24) is 5.32 Å². The molecule has 0 saturated heterocycles. The molecule has 4 heteroatoms. The highest BCUT2D eigenvalue weighted by Gasteiger charge is 2.09. The van der Waals surface area contributed by atoms with Gasteiger partial charge in [0.15, 0.2) is 0 Å². The minimum atomic E-state index is -0.00169. The Morgan fingerprint density at radius 2 is 1.85 bits per heavy atom. The van der Waals surface area contributed by atoms with Gasteiger partial charge in [-0.15, -0.1) is 11.3 Å². The zero-order chi connectivity index (χ0) is 14.5. The van der Waals surface area contributed by atoms with E-state index in [-0.39, 0.29) is 12.5 Å². The van der Waals surface area contributed by atoms with Crippen molar-refractivity contribution in [3.05, 3.63) is 56.8 Å². The Bertz CT molecular complexity index is 568. The molecule has 20 heavy (non-hydrogen) atoms. The number of thiophene rings is 1. The Balaban J connectivity index is 1.84. The number of aryl methyl sites for hydroxylation is 2. The average Bonchev–Trinajstić information content (AvgIpc) is 2.79. The molecule has 0 bridgehead atoms. The molecule has 0 fully saturated rings. The lowest BCUT2D eigenvalue weighted by molar-refractivity contribution is 0.0958. The zero-order valence-electron chi connectivity index (χ0n) is 11.8. The fourth-order valence-corrected chi connectivity index (χ4v) is 2.85. The molecule has 1 heterocycles. The van der Waals surface area contributed by atoms with Crippen molar-refractivity contribution in [1.29, 1.82) is 0 Å². The van der Waals surface area contributed by atoms with Gasteiger partial charge in [-0.2, -0.15) is 0 Å². The molecule has 0 radical (unpaired) electrons. The van der Waals surface area contributed by atoms with Gasteiger partial charge in [0, 0.05) is 11.4 Å². The summed E-state index contributed by atoms with van der Waals surface area (Å²) in [6.45, 7) is 4.73. The number of hydrogen-bond donors (Lipinski definition) is 2. The summed E-state index contributed by atoms with van der Waals surface area (Å²) in [7, 11) is 0. The fraction of sp³-hybridized carbons (Fsp3) is 0.312. The maximum Gasteiger partial charge on any atom is 0.261 e. The molecule has 1 aromatic heterocycles. The largest absolute Gasteiger partial charge is 0.392 e. The maximum atomic E-state index is 12.0. The lowest BCUT2D eigenvalue weighted by Crippen LogP contribution is -2.24. The molecule has 0 aliphatic carbocycles.